The summed E-state index contributed by atoms with van der Waals surface area (Å²) in [5, 5.41) is 0.716. The van der Waals surface area contributed by atoms with Crippen molar-refractivity contribution in [2.45, 2.75) is 139 Å². The van der Waals surface area contributed by atoms with Crippen molar-refractivity contribution >= 4 is 15.1 Å². The highest BCUT2D eigenvalue weighted by molar-refractivity contribution is 6.47. The Labute approximate surface area is 155 Å². The van der Waals surface area contributed by atoms with Crippen molar-refractivity contribution < 1.29 is 0 Å². The van der Waals surface area contributed by atoms with Crippen molar-refractivity contribution in [2.75, 3.05) is 0 Å². The quantitative estimate of drug-likeness (QED) is 0.465. The molecule has 0 aromatic rings. The molecule has 24 heavy (non-hydrogen) atoms. The van der Waals surface area contributed by atoms with E-state index < -0.39 is 0 Å². The Bertz CT molecular complexity index is 357. The summed E-state index contributed by atoms with van der Waals surface area (Å²) in [6.07, 6.45) is 21.6. The van der Waals surface area contributed by atoms with E-state index in [9.17, 15) is 0 Å². The fourth-order valence-electron chi connectivity index (χ4n) is 5.96. The highest BCUT2D eigenvalue weighted by atomic mass is 14.4. The van der Waals surface area contributed by atoms with Gasteiger partial charge in [-0.2, -0.15) is 0 Å². The van der Waals surface area contributed by atoms with Gasteiger partial charge in [-0.15, -0.1) is 0 Å². The van der Waals surface area contributed by atoms with E-state index in [1.807, 2.05) is 0 Å². The van der Waals surface area contributed by atoms with Crippen LogP contribution in [-0.2, 0) is 0 Å². The molecule has 3 radical (unpaired) electrons. The van der Waals surface area contributed by atoms with E-state index in [0.29, 0.717) is 5.31 Å². The van der Waals surface area contributed by atoms with Crippen LogP contribution in [0, 0.1) is 0 Å². The first kappa shape index (κ1) is 20.4. The van der Waals surface area contributed by atoms with E-state index in [4.69, 9.17) is 7.85 Å². The Kier molecular flexibility index (Phi) is 7.82. The minimum Gasteiger partial charge on any atom is -0.0675 e. The van der Waals surface area contributed by atoms with Crippen LogP contribution >= 0.6 is 0 Å². The molecule has 0 spiro atoms. The molecule has 0 aromatic heterocycles. The van der Waals surface area contributed by atoms with Gasteiger partial charge in [0.15, 0.2) is 0 Å². The lowest BCUT2D eigenvalue weighted by Gasteiger charge is -2.53. The molecule has 1 saturated carbocycles. The van der Waals surface area contributed by atoms with Gasteiger partial charge in [0.2, 0.25) is 0 Å². The van der Waals surface area contributed by atoms with Crippen LogP contribution in [0.5, 0.6) is 0 Å². The third-order valence-electron chi connectivity index (χ3n) is 7.43. The highest BCUT2D eigenvalue weighted by Crippen LogP contribution is 2.65. The second-order valence-corrected chi connectivity index (χ2v) is 9.40. The molecule has 0 amide bonds. The zero-order valence-electron chi connectivity index (χ0n) is 17.0. The Morgan fingerprint density at radius 1 is 0.750 bits per heavy atom. The summed E-state index contributed by atoms with van der Waals surface area (Å²) >= 11 is 0. The van der Waals surface area contributed by atoms with Crippen LogP contribution in [0.25, 0.3) is 0 Å². The van der Waals surface area contributed by atoms with Crippen molar-refractivity contribution in [1.29, 1.82) is 0 Å². The van der Waals surface area contributed by atoms with Crippen molar-refractivity contribution in [3.05, 3.63) is 0 Å². The molecule has 1 heterocycles. The Morgan fingerprint density at radius 2 is 1.25 bits per heavy atom. The van der Waals surface area contributed by atoms with Gasteiger partial charge < -0.3 is 0 Å². The van der Waals surface area contributed by atoms with Gasteiger partial charge in [0.05, 0.1) is 7.85 Å². The summed E-state index contributed by atoms with van der Waals surface area (Å²) in [4.78, 5) is 0. The summed E-state index contributed by atoms with van der Waals surface area (Å²) in [7, 11) is 10.1. The SMILES string of the molecule is [B]C1(C2(CC)[B]C(C)(CCC)CCCC2)CCCCCCCCC1. The summed E-state index contributed by atoms with van der Waals surface area (Å²) in [5.74, 6) is 0. The van der Waals surface area contributed by atoms with E-state index in [-0.39, 0.29) is 10.6 Å². The maximum atomic E-state index is 7.32. The number of hydrogen-bond acceptors (Lipinski definition) is 0. The van der Waals surface area contributed by atoms with E-state index in [1.54, 1.807) is 0 Å². The van der Waals surface area contributed by atoms with Crippen LogP contribution < -0.4 is 0 Å². The second kappa shape index (κ2) is 9.18. The lowest BCUT2D eigenvalue weighted by Crippen LogP contribution is -2.39. The van der Waals surface area contributed by atoms with Crippen LogP contribution in [0.4, 0.5) is 0 Å². The first-order valence-corrected chi connectivity index (χ1v) is 11.2. The number of hydrogen-bond donors (Lipinski definition) is 0. The normalized spacial score (nSPS) is 35.6. The van der Waals surface area contributed by atoms with Gasteiger partial charge in [0.1, 0.15) is 7.28 Å². The van der Waals surface area contributed by atoms with E-state index in [1.165, 1.54) is 103 Å². The van der Waals surface area contributed by atoms with Gasteiger partial charge in [-0.05, 0) is 0 Å². The fourth-order valence-corrected chi connectivity index (χ4v) is 5.96. The maximum Gasteiger partial charge on any atom is 0.125 e. The largest absolute Gasteiger partial charge is 0.125 e. The Hall–Kier alpha value is 0.130. The van der Waals surface area contributed by atoms with Gasteiger partial charge in [-0.1, -0.05) is 139 Å². The standard InChI is InChI=1S/C22H41B2/c1-4-15-20(3)16-13-14-19-22(5-2,24-20)21(23)17-11-9-7-6-8-10-12-18-21/h4-19H2,1-3H3. The van der Waals surface area contributed by atoms with Gasteiger partial charge in [0, 0.05) is 0 Å². The monoisotopic (exact) mass is 327 g/mol. The summed E-state index contributed by atoms with van der Waals surface area (Å²) in [5.41, 5.74) is 0. The lowest BCUT2D eigenvalue weighted by molar-refractivity contribution is 0.280. The average Bonchev–Trinajstić information content (AvgIpc) is 2.74. The molecule has 1 aliphatic carbocycles. The molecule has 0 bridgehead atoms. The summed E-state index contributed by atoms with van der Waals surface area (Å²) < 4.78 is 0. The molecule has 0 aromatic carbocycles. The van der Waals surface area contributed by atoms with Crippen molar-refractivity contribution in [2.24, 2.45) is 0 Å². The molecule has 0 nitrogen and oxygen atoms in total. The molecule has 2 aliphatic rings. The van der Waals surface area contributed by atoms with Crippen LogP contribution in [0.1, 0.15) is 124 Å². The van der Waals surface area contributed by atoms with Crippen molar-refractivity contribution in [1.82, 2.24) is 0 Å². The predicted molar refractivity (Wildman–Crippen MR) is 110 cm³/mol. The van der Waals surface area contributed by atoms with Crippen LogP contribution in [0.2, 0.25) is 15.9 Å². The smallest absolute Gasteiger partial charge is 0.0675 e. The fraction of sp³-hybridized carbons (Fsp3) is 1.00. The molecule has 135 valence electrons. The summed E-state index contributed by atoms with van der Waals surface area (Å²) in [6.45, 7) is 7.29. The van der Waals surface area contributed by atoms with Crippen molar-refractivity contribution in [3.8, 4) is 0 Å². The second-order valence-electron chi connectivity index (χ2n) is 9.40. The molecule has 0 N–H and O–H groups in total. The third-order valence-corrected chi connectivity index (χ3v) is 7.43. The van der Waals surface area contributed by atoms with Crippen LogP contribution in [0.15, 0.2) is 0 Å². The zero-order chi connectivity index (χ0) is 17.5. The maximum absolute atomic E-state index is 7.32. The highest BCUT2D eigenvalue weighted by Gasteiger charge is 2.49. The molecule has 2 atom stereocenters. The molecule has 2 rings (SSSR count). The van der Waals surface area contributed by atoms with Crippen LogP contribution in [0.3, 0.4) is 0 Å². The van der Waals surface area contributed by atoms with E-state index in [0.717, 1.165) is 0 Å². The molecule has 1 saturated heterocycles. The third kappa shape index (κ3) is 4.85. The van der Waals surface area contributed by atoms with Gasteiger partial charge in [-0.25, -0.2) is 0 Å². The van der Waals surface area contributed by atoms with Crippen molar-refractivity contribution in [3.63, 3.8) is 0 Å². The molecule has 2 heteroatoms. The minimum absolute atomic E-state index is 0.0401. The molecule has 2 fully saturated rings. The summed E-state index contributed by atoms with van der Waals surface area (Å²) in [6, 6.07) is 0. The van der Waals surface area contributed by atoms with Gasteiger partial charge in [-0.3, -0.25) is 0 Å². The predicted octanol–water partition coefficient (Wildman–Crippen LogP) is 7.66. The molecule has 1 aliphatic heterocycles. The topological polar surface area (TPSA) is 0 Å². The average molecular weight is 327 g/mol. The van der Waals surface area contributed by atoms with E-state index in [2.05, 4.69) is 28.1 Å². The van der Waals surface area contributed by atoms with Gasteiger partial charge in [0.25, 0.3) is 0 Å². The molecular formula is C22H41B2. The Morgan fingerprint density at radius 3 is 1.79 bits per heavy atom. The first-order chi connectivity index (χ1) is 11.5. The van der Waals surface area contributed by atoms with E-state index >= 15 is 0 Å². The molecule has 2 unspecified atom stereocenters. The van der Waals surface area contributed by atoms with Crippen LogP contribution in [-0.4, -0.2) is 15.1 Å². The molecular weight excluding hydrogens is 286 g/mol. The first-order valence-electron chi connectivity index (χ1n) is 11.2. The minimum atomic E-state index is 0.0401. The number of rotatable bonds is 4. The Balaban J connectivity index is 2.25. The zero-order valence-corrected chi connectivity index (χ0v) is 17.0. The lowest BCUT2D eigenvalue weighted by atomic mass is 9.27. The van der Waals surface area contributed by atoms with Gasteiger partial charge >= 0.3 is 0 Å².